The van der Waals surface area contributed by atoms with E-state index in [1.165, 1.54) is 18.0 Å². The van der Waals surface area contributed by atoms with Crippen molar-refractivity contribution < 1.29 is 4.79 Å². The van der Waals surface area contributed by atoms with Crippen molar-refractivity contribution in [3.63, 3.8) is 0 Å². The largest absolute Gasteiger partial charge is 0.356 e. The van der Waals surface area contributed by atoms with E-state index in [4.69, 9.17) is 0 Å². The number of likely N-dealkylation sites (N-methyl/N-ethyl adjacent to an activating group) is 1. The molecule has 4 heterocycles. The van der Waals surface area contributed by atoms with E-state index in [0.717, 1.165) is 45.1 Å². The van der Waals surface area contributed by atoms with Gasteiger partial charge in [0.15, 0.2) is 5.96 Å². The number of carbonyl (C=O) groups excluding carboxylic acids is 1. The number of guanidine groups is 1. The lowest BCUT2D eigenvalue weighted by Crippen LogP contribution is -2.63. The predicted molar refractivity (Wildman–Crippen MR) is 122 cm³/mol. The molecule has 0 spiro atoms. The van der Waals surface area contributed by atoms with Gasteiger partial charge >= 0.3 is 0 Å². The minimum atomic E-state index is 0. The highest BCUT2D eigenvalue weighted by Crippen LogP contribution is 2.14. The Morgan fingerprint density at radius 2 is 2.07 bits per heavy atom. The number of fused-ring (bicyclic) bond motifs is 3. The van der Waals surface area contributed by atoms with Gasteiger partial charge < -0.3 is 15.5 Å². The molecule has 3 aliphatic rings. The number of nitrogens with zero attached hydrogens (tertiary/aromatic N) is 4. The molecule has 1 amide bonds. The van der Waals surface area contributed by atoms with E-state index < -0.39 is 0 Å². The van der Waals surface area contributed by atoms with Crippen molar-refractivity contribution in [3.05, 3.63) is 22.4 Å². The number of hydrogen-bond acceptors (Lipinski definition) is 5. The van der Waals surface area contributed by atoms with Gasteiger partial charge in [-0.05, 0) is 17.9 Å². The molecule has 7 nitrogen and oxygen atoms in total. The number of hydrogen-bond donors (Lipinski definition) is 2. The van der Waals surface area contributed by atoms with Gasteiger partial charge in [-0.2, -0.15) is 0 Å². The zero-order chi connectivity index (χ0) is 18.4. The SMILES string of the molecule is CN(C)C(=O)CN=C(NCCc1cccs1)NCC1CN2CCN1CC2.I. The first-order valence-corrected chi connectivity index (χ1v) is 10.2. The number of carbonyl (C=O) groups is 1. The molecular weight excluding hydrogens is 475 g/mol. The fourth-order valence-corrected chi connectivity index (χ4v) is 4.06. The molecule has 3 fully saturated rings. The molecule has 0 aliphatic carbocycles. The quantitative estimate of drug-likeness (QED) is 0.321. The van der Waals surface area contributed by atoms with Crippen molar-refractivity contribution >= 4 is 47.2 Å². The Balaban J connectivity index is 0.00000261. The first-order valence-electron chi connectivity index (χ1n) is 9.33. The van der Waals surface area contributed by atoms with E-state index in [9.17, 15) is 4.79 Å². The van der Waals surface area contributed by atoms with Crippen LogP contribution in [0.25, 0.3) is 0 Å². The minimum absolute atomic E-state index is 0. The van der Waals surface area contributed by atoms with E-state index >= 15 is 0 Å². The average Bonchev–Trinajstić information content (AvgIpc) is 3.17. The van der Waals surface area contributed by atoms with Crippen LogP contribution in [-0.4, -0.2) is 99.1 Å². The van der Waals surface area contributed by atoms with Crippen LogP contribution in [0.1, 0.15) is 4.88 Å². The van der Waals surface area contributed by atoms with Crippen molar-refractivity contribution in [2.45, 2.75) is 12.5 Å². The molecule has 152 valence electrons. The average molecular weight is 506 g/mol. The summed E-state index contributed by atoms with van der Waals surface area (Å²) < 4.78 is 0. The van der Waals surface area contributed by atoms with Gasteiger partial charge in [0.1, 0.15) is 6.54 Å². The second-order valence-electron chi connectivity index (χ2n) is 7.08. The van der Waals surface area contributed by atoms with Gasteiger partial charge in [0.05, 0.1) is 0 Å². The number of piperazine rings is 3. The summed E-state index contributed by atoms with van der Waals surface area (Å²) in [5.74, 6) is 0.741. The lowest BCUT2D eigenvalue weighted by molar-refractivity contribution is -0.127. The first-order chi connectivity index (χ1) is 12.6. The zero-order valence-corrected chi connectivity index (χ0v) is 19.3. The standard InChI is InChI=1S/C18H30N6OS.HI/c1-22(2)17(25)13-21-18(19-6-5-16-4-3-11-26-16)20-12-15-14-23-7-9-24(15)10-8-23;/h3-4,11,15H,5-10,12-14H2,1-2H3,(H2,19,20,21);1H. The summed E-state index contributed by atoms with van der Waals surface area (Å²) in [5, 5.41) is 8.93. The number of rotatable bonds is 7. The molecule has 1 aromatic rings. The molecule has 1 atom stereocenters. The number of thiophene rings is 1. The summed E-state index contributed by atoms with van der Waals surface area (Å²) in [5.41, 5.74) is 0. The number of nitrogens with one attached hydrogen (secondary N) is 2. The number of aliphatic imine (C=N–C) groups is 1. The van der Waals surface area contributed by atoms with Gasteiger partial charge in [-0.15, -0.1) is 35.3 Å². The summed E-state index contributed by atoms with van der Waals surface area (Å²) >= 11 is 1.77. The molecule has 9 heteroatoms. The molecule has 0 radical (unpaired) electrons. The van der Waals surface area contributed by atoms with Crippen LogP contribution in [0.5, 0.6) is 0 Å². The molecular formula is C18H31IN6OS. The maximum Gasteiger partial charge on any atom is 0.243 e. The maximum absolute atomic E-state index is 11.9. The lowest BCUT2D eigenvalue weighted by atomic mass is 10.1. The Labute approximate surface area is 183 Å². The van der Waals surface area contributed by atoms with E-state index in [2.05, 4.69) is 42.9 Å². The minimum Gasteiger partial charge on any atom is -0.356 e. The van der Waals surface area contributed by atoms with Gasteiger partial charge in [0, 0.05) is 70.8 Å². The summed E-state index contributed by atoms with van der Waals surface area (Å²) in [6.07, 6.45) is 0.962. The molecule has 2 N–H and O–H groups in total. The van der Waals surface area contributed by atoms with Gasteiger partial charge in [0.2, 0.25) is 5.91 Å². The van der Waals surface area contributed by atoms with Crippen LogP contribution >= 0.6 is 35.3 Å². The molecule has 3 saturated heterocycles. The molecule has 1 aromatic heterocycles. The Kier molecular flexibility index (Phi) is 9.27. The fourth-order valence-electron chi connectivity index (χ4n) is 3.35. The Morgan fingerprint density at radius 1 is 1.30 bits per heavy atom. The maximum atomic E-state index is 11.9. The van der Waals surface area contributed by atoms with Crippen molar-refractivity contribution in [2.75, 3.05) is 66.5 Å². The molecule has 1 unspecified atom stereocenters. The normalized spacial score (nSPS) is 24.2. The van der Waals surface area contributed by atoms with Crippen LogP contribution in [0.3, 0.4) is 0 Å². The van der Waals surface area contributed by atoms with Crippen molar-refractivity contribution in [1.29, 1.82) is 0 Å². The molecule has 0 saturated carbocycles. The summed E-state index contributed by atoms with van der Waals surface area (Å²) in [4.78, 5) is 24.4. The monoisotopic (exact) mass is 506 g/mol. The van der Waals surface area contributed by atoms with Crippen LogP contribution in [0.2, 0.25) is 0 Å². The summed E-state index contributed by atoms with van der Waals surface area (Å²) in [7, 11) is 3.52. The Morgan fingerprint density at radius 3 is 2.67 bits per heavy atom. The highest BCUT2D eigenvalue weighted by molar-refractivity contribution is 14.0. The highest BCUT2D eigenvalue weighted by atomic mass is 127. The van der Waals surface area contributed by atoms with Crippen LogP contribution in [-0.2, 0) is 11.2 Å². The number of halogens is 1. The molecule has 4 rings (SSSR count). The van der Waals surface area contributed by atoms with E-state index in [1.54, 1.807) is 30.3 Å². The van der Waals surface area contributed by atoms with E-state index in [1.807, 2.05) is 0 Å². The first kappa shape index (κ1) is 22.4. The second-order valence-corrected chi connectivity index (χ2v) is 8.11. The third-order valence-electron chi connectivity index (χ3n) is 5.01. The summed E-state index contributed by atoms with van der Waals surface area (Å²) in [6.45, 7) is 7.64. The van der Waals surface area contributed by atoms with E-state index in [0.29, 0.717) is 6.04 Å². The topological polar surface area (TPSA) is 63.2 Å². The molecule has 2 bridgehead atoms. The van der Waals surface area contributed by atoms with Gasteiger partial charge in [-0.3, -0.25) is 14.6 Å². The zero-order valence-electron chi connectivity index (χ0n) is 16.2. The highest BCUT2D eigenvalue weighted by Gasteiger charge is 2.31. The Bertz CT molecular complexity index is 601. The van der Waals surface area contributed by atoms with Gasteiger partial charge in [-0.1, -0.05) is 6.07 Å². The van der Waals surface area contributed by atoms with Crippen molar-refractivity contribution in [1.82, 2.24) is 25.3 Å². The third kappa shape index (κ3) is 6.88. The Hall–Kier alpha value is -0.910. The molecule has 3 aliphatic heterocycles. The summed E-state index contributed by atoms with van der Waals surface area (Å²) in [6, 6.07) is 4.74. The lowest BCUT2D eigenvalue weighted by Gasteiger charge is -2.47. The smallest absolute Gasteiger partial charge is 0.243 e. The molecule has 0 aromatic carbocycles. The molecule has 27 heavy (non-hydrogen) atoms. The van der Waals surface area contributed by atoms with Crippen LogP contribution < -0.4 is 10.6 Å². The van der Waals surface area contributed by atoms with Crippen LogP contribution in [0.15, 0.2) is 22.5 Å². The second kappa shape index (κ2) is 11.2. The third-order valence-corrected chi connectivity index (χ3v) is 5.95. The van der Waals surface area contributed by atoms with Crippen molar-refractivity contribution in [2.24, 2.45) is 4.99 Å². The van der Waals surface area contributed by atoms with Crippen LogP contribution in [0, 0.1) is 0 Å². The van der Waals surface area contributed by atoms with Gasteiger partial charge in [-0.25, -0.2) is 4.99 Å². The van der Waals surface area contributed by atoms with E-state index in [-0.39, 0.29) is 36.4 Å². The number of amides is 1. The van der Waals surface area contributed by atoms with Crippen LogP contribution in [0.4, 0.5) is 0 Å². The fraction of sp³-hybridized carbons (Fsp3) is 0.667. The van der Waals surface area contributed by atoms with Crippen molar-refractivity contribution in [3.8, 4) is 0 Å². The van der Waals surface area contributed by atoms with Gasteiger partial charge in [0.25, 0.3) is 0 Å². The predicted octanol–water partition coefficient (Wildman–Crippen LogP) is 0.532.